The Labute approximate surface area is 70.2 Å². The largest absolute Gasteiger partial charge is 0.468 e. The molecule has 0 amide bonds. The minimum Gasteiger partial charge on any atom is -0.468 e. The third-order valence-electron chi connectivity index (χ3n) is 2.00. The Balaban J connectivity index is 2.81. The zero-order chi connectivity index (χ0) is 8.55. The molecule has 0 aliphatic heterocycles. The van der Waals surface area contributed by atoms with Gasteiger partial charge in [-0.1, -0.05) is 0 Å². The first-order valence-electron chi connectivity index (χ1n) is 3.84. The van der Waals surface area contributed by atoms with Crippen LogP contribution in [0, 0.1) is 6.92 Å². The summed E-state index contributed by atoms with van der Waals surface area (Å²) in [4.78, 5) is 4.15. The van der Waals surface area contributed by atoms with Crippen molar-refractivity contribution in [2.24, 2.45) is 5.73 Å². The first-order chi connectivity index (χ1) is 5.83. The van der Waals surface area contributed by atoms with Crippen LogP contribution < -0.4 is 5.73 Å². The molecule has 0 spiro atoms. The van der Waals surface area contributed by atoms with Crippen molar-refractivity contribution in [3.05, 3.63) is 30.0 Å². The first kappa shape index (κ1) is 7.31. The summed E-state index contributed by atoms with van der Waals surface area (Å²) < 4.78 is 5.26. The van der Waals surface area contributed by atoms with Crippen LogP contribution >= 0.6 is 0 Å². The average molecular weight is 162 g/mol. The quantitative estimate of drug-likeness (QED) is 0.692. The Hall–Kier alpha value is -1.35. The first-order valence-corrected chi connectivity index (χ1v) is 3.84. The summed E-state index contributed by atoms with van der Waals surface area (Å²) in [7, 11) is 0. The van der Waals surface area contributed by atoms with E-state index < -0.39 is 0 Å². The smallest absolute Gasteiger partial charge is 0.108 e. The van der Waals surface area contributed by atoms with Gasteiger partial charge >= 0.3 is 0 Å². The number of hydrogen-bond donors (Lipinski definition) is 1. The van der Waals surface area contributed by atoms with Crippen LogP contribution in [-0.4, -0.2) is 4.98 Å². The number of nitrogens with two attached hydrogens (primary N) is 1. The molecule has 2 rings (SSSR count). The molecule has 0 radical (unpaired) electrons. The van der Waals surface area contributed by atoms with Crippen molar-refractivity contribution in [1.29, 1.82) is 0 Å². The molecule has 0 aromatic carbocycles. The predicted molar refractivity (Wildman–Crippen MR) is 46.6 cm³/mol. The summed E-state index contributed by atoms with van der Waals surface area (Å²) >= 11 is 0. The molecule has 0 saturated heterocycles. The average Bonchev–Trinajstić information content (AvgIpc) is 2.48. The summed E-state index contributed by atoms with van der Waals surface area (Å²) in [5, 5.41) is 2.13. The fraction of sp³-hybridized carbons (Fsp3) is 0.222. The Morgan fingerprint density at radius 3 is 3.08 bits per heavy atom. The monoisotopic (exact) mass is 162 g/mol. The normalized spacial score (nSPS) is 10.8. The van der Waals surface area contributed by atoms with Crippen molar-refractivity contribution >= 4 is 10.8 Å². The maximum Gasteiger partial charge on any atom is 0.108 e. The Morgan fingerprint density at radius 2 is 2.33 bits per heavy atom. The zero-order valence-corrected chi connectivity index (χ0v) is 6.87. The highest BCUT2D eigenvalue weighted by atomic mass is 16.3. The third kappa shape index (κ3) is 0.905. The van der Waals surface area contributed by atoms with E-state index in [2.05, 4.69) is 4.98 Å². The maximum atomic E-state index is 5.52. The van der Waals surface area contributed by atoms with E-state index in [1.807, 2.05) is 13.0 Å². The number of pyridine rings is 1. The van der Waals surface area contributed by atoms with E-state index in [9.17, 15) is 0 Å². The Morgan fingerprint density at radius 1 is 1.50 bits per heavy atom. The van der Waals surface area contributed by atoms with Crippen molar-refractivity contribution in [2.45, 2.75) is 13.5 Å². The van der Waals surface area contributed by atoms with Gasteiger partial charge in [0.15, 0.2) is 0 Å². The second-order valence-electron chi connectivity index (χ2n) is 2.71. The molecule has 12 heavy (non-hydrogen) atoms. The minimum absolute atomic E-state index is 0.455. The van der Waals surface area contributed by atoms with E-state index in [0.29, 0.717) is 6.54 Å². The van der Waals surface area contributed by atoms with Crippen LogP contribution in [0.5, 0.6) is 0 Å². The van der Waals surface area contributed by atoms with Crippen molar-refractivity contribution in [2.75, 3.05) is 0 Å². The summed E-state index contributed by atoms with van der Waals surface area (Å²) in [6, 6.07) is 1.94. The molecule has 2 aromatic heterocycles. The molecule has 2 N–H and O–H groups in total. The molecule has 2 aromatic rings. The van der Waals surface area contributed by atoms with Crippen LogP contribution in [0.15, 0.2) is 22.9 Å². The molecular formula is C9H10N2O. The van der Waals surface area contributed by atoms with E-state index in [-0.39, 0.29) is 0 Å². The van der Waals surface area contributed by atoms with Gasteiger partial charge in [0.25, 0.3) is 0 Å². The van der Waals surface area contributed by atoms with Gasteiger partial charge in [0.2, 0.25) is 0 Å². The van der Waals surface area contributed by atoms with Gasteiger partial charge in [0.1, 0.15) is 12.0 Å². The van der Waals surface area contributed by atoms with Crippen LogP contribution in [0.2, 0.25) is 0 Å². The Bertz CT molecular complexity index is 406. The van der Waals surface area contributed by atoms with Crippen LogP contribution in [0.4, 0.5) is 0 Å². The van der Waals surface area contributed by atoms with E-state index in [0.717, 1.165) is 22.2 Å². The highest BCUT2D eigenvalue weighted by molar-refractivity contribution is 5.85. The molecule has 0 bridgehead atoms. The number of furan rings is 1. The van der Waals surface area contributed by atoms with E-state index in [4.69, 9.17) is 10.2 Å². The van der Waals surface area contributed by atoms with E-state index in [1.165, 1.54) is 0 Å². The fourth-order valence-corrected chi connectivity index (χ4v) is 1.33. The lowest BCUT2D eigenvalue weighted by molar-refractivity contribution is 0.539. The lowest BCUT2D eigenvalue weighted by Gasteiger charge is -1.95. The molecule has 0 saturated carbocycles. The van der Waals surface area contributed by atoms with Gasteiger partial charge in [-0.15, -0.1) is 0 Å². The second-order valence-corrected chi connectivity index (χ2v) is 2.71. The molecule has 2 heterocycles. The highest BCUT2D eigenvalue weighted by Crippen LogP contribution is 2.21. The predicted octanol–water partition coefficient (Wildman–Crippen LogP) is 1.59. The third-order valence-corrected chi connectivity index (χ3v) is 2.00. The number of nitrogens with zero attached hydrogens (tertiary/aromatic N) is 1. The van der Waals surface area contributed by atoms with Gasteiger partial charge in [0, 0.05) is 23.5 Å². The standard InChI is InChI=1S/C9H10N2O/c1-6-7-2-3-11-9(4-10)8(7)5-12-6/h2-3,5H,4,10H2,1H3. The minimum atomic E-state index is 0.455. The molecule has 3 nitrogen and oxygen atoms in total. The van der Waals surface area contributed by atoms with Gasteiger partial charge in [-0.2, -0.15) is 0 Å². The molecule has 3 heteroatoms. The van der Waals surface area contributed by atoms with Crippen molar-refractivity contribution < 1.29 is 4.42 Å². The van der Waals surface area contributed by atoms with Crippen LogP contribution in [0.1, 0.15) is 11.5 Å². The van der Waals surface area contributed by atoms with Crippen molar-refractivity contribution in [3.8, 4) is 0 Å². The molecular weight excluding hydrogens is 152 g/mol. The molecule has 0 atom stereocenters. The number of rotatable bonds is 1. The Kier molecular flexibility index (Phi) is 1.59. The summed E-state index contributed by atoms with van der Waals surface area (Å²) in [5.41, 5.74) is 6.41. The highest BCUT2D eigenvalue weighted by Gasteiger charge is 2.05. The SMILES string of the molecule is Cc1occ2c(CN)nccc12. The zero-order valence-electron chi connectivity index (χ0n) is 6.87. The molecule has 0 fully saturated rings. The van der Waals surface area contributed by atoms with Gasteiger partial charge in [0.05, 0.1) is 5.69 Å². The molecule has 0 aliphatic rings. The lowest BCUT2D eigenvalue weighted by atomic mass is 10.2. The van der Waals surface area contributed by atoms with E-state index >= 15 is 0 Å². The number of fused-ring (bicyclic) bond motifs is 1. The van der Waals surface area contributed by atoms with E-state index in [1.54, 1.807) is 12.5 Å². The lowest BCUT2D eigenvalue weighted by Crippen LogP contribution is -1.98. The molecule has 62 valence electrons. The van der Waals surface area contributed by atoms with Gasteiger partial charge in [-0.3, -0.25) is 4.98 Å². The van der Waals surface area contributed by atoms with Crippen molar-refractivity contribution in [1.82, 2.24) is 4.98 Å². The van der Waals surface area contributed by atoms with Crippen LogP contribution in [0.25, 0.3) is 10.8 Å². The van der Waals surface area contributed by atoms with Crippen molar-refractivity contribution in [3.63, 3.8) is 0 Å². The number of aryl methyl sites for hydroxylation is 1. The summed E-state index contributed by atoms with van der Waals surface area (Å²) in [5.74, 6) is 0.919. The molecule has 0 unspecified atom stereocenters. The second kappa shape index (κ2) is 2.60. The summed E-state index contributed by atoms with van der Waals surface area (Å²) in [6.45, 7) is 2.39. The maximum absolute atomic E-state index is 5.52. The summed E-state index contributed by atoms with van der Waals surface area (Å²) in [6.07, 6.45) is 3.47. The number of aromatic nitrogens is 1. The van der Waals surface area contributed by atoms with Crippen LogP contribution in [0.3, 0.4) is 0 Å². The van der Waals surface area contributed by atoms with Gasteiger partial charge in [-0.05, 0) is 13.0 Å². The number of hydrogen-bond acceptors (Lipinski definition) is 3. The topological polar surface area (TPSA) is 52.0 Å². The molecule has 0 aliphatic carbocycles. The van der Waals surface area contributed by atoms with Crippen LogP contribution in [-0.2, 0) is 6.54 Å². The van der Waals surface area contributed by atoms with Gasteiger partial charge < -0.3 is 10.2 Å². The fourth-order valence-electron chi connectivity index (χ4n) is 1.33. The van der Waals surface area contributed by atoms with Gasteiger partial charge in [-0.25, -0.2) is 0 Å².